The smallest absolute Gasteiger partial charge is 0.00696 e. The van der Waals surface area contributed by atoms with E-state index < -0.39 is 0 Å². The van der Waals surface area contributed by atoms with Gasteiger partial charge in [-0.25, -0.2) is 0 Å². The second-order valence-electron chi connectivity index (χ2n) is 4.77. The fourth-order valence-electron chi connectivity index (χ4n) is 2.32. The molecule has 0 aromatic carbocycles. The Labute approximate surface area is 88.6 Å². The van der Waals surface area contributed by atoms with Gasteiger partial charge in [0.15, 0.2) is 0 Å². The molecule has 2 nitrogen and oxygen atoms in total. The van der Waals surface area contributed by atoms with E-state index in [2.05, 4.69) is 12.2 Å². The second kappa shape index (κ2) is 7.24. The van der Waals surface area contributed by atoms with Gasteiger partial charge in [-0.05, 0) is 51.1 Å². The molecule has 0 radical (unpaired) electrons. The third kappa shape index (κ3) is 4.97. The summed E-state index contributed by atoms with van der Waals surface area (Å²) in [7, 11) is 0. The number of nitrogens with one attached hydrogen (secondary N) is 1. The summed E-state index contributed by atoms with van der Waals surface area (Å²) in [5.74, 6) is 0.949. The number of hydrogen-bond donors (Lipinski definition) is 2. The van der Waals surface area contributed by atoms with Gasteiger partial charge in [-0.2, -0.15) is 0 Å². The molecule has 84 valence electrons. The minimum absolute atomic E-state index is 0.819. The van der Waals surface area contributed by atoms with Gasteiger partial charge in [-0.1, -0.05) is 19.8 Å². The van der Waals surface area contributed by atoms with Crippen LogP contribution in [0.25, 0.3) is 0 Å². The first-order valence-corrected chi connectivity index (χ1v) is 6.26. The number of nitrogens with two attached hydrogens (primary N) is 1. The van der Waals surface area contributed by atoms with Gasteiger partial charge in [0.05, 0.1) is 0 Å². The zero-order valence-electron chi connectivity index (χ0n) is 9.60. The van der Waals surface area contributed by atoms with Gasteiger partial charge < -0.3 is 11.1 Å². The maximum atomic E-state index is 5.44. The van der Waals surface area contributed by atoms with E-state index in [1.54, 1.807) is 0 Å². The molecule has 0 saturated heterocycles. The highest BCUT2D eigenvalue weighted by molar-refractivity contribution is 4.77. The van der Waals surface area contributed by atoms with Crippen LogP contribution in [0, 0.1) is 5.92 Å². The van der Waals surface area contributed by atoms with Crippen LogP contribution in [0.5, 0.6) is 0 Å². The fraction of sp³-hybridized carbons (Fsp3) is 1.00. The molecule has 0 amide bonds. The van der Waals surface area contributed by atoms with Crippen molar-refractivity contribution in [2.75, 3.05) is 13.1 Å². The Morgan fingerprint density at radius 3 is 2.57 bits per heavy atom. The van der Waals surface area contributed by atoms with Crippen molar-refractivity contribution in [3.05, 3.63) is 0 Å². The molecule has 1 aliphatic carbocycles. The van der Waals surface area contributed by atoms with Crippen LogP contribution in [-0.4, -0.2) is 19.1 Å². The molecule has 0 aromatic heterocycles. The molecule has 1 fully saturated rings. The third-order valence-corrected chi connectivity index (χ3v) is 3.26. The molecule has 2 heteroatoms. The lowest BCUT2D eigenvalue weighted by atomic mass is 10.1. The first-order valence-electron chi connectivity index (χ1n) is 6.26. The summed E-state index contributed by atoms with van der Waals surface area (Å²) in [4.78, 5) is 0. The topological polar surface area (TPSA) is 38.0 Å². The largest absolute Gasteiger partial charge is 0.330 e. The SMILES string of the molecule is CC1CCC(NCCCCCCN)C1. The Morgan fingerprint density at radius 2 is 1.93 bits per heavy atom. The zero-order chi connectivity index (χ0) is 10.2. The molecule has 3 N–H and O–H groups in total. The molecule has 0 aromatic rings. The van der Waals surface area contributed by atoms with E-state index >= 15 is 0 Å². The Bertz CT molecular complexity index is 136. The van der Waals surface area contributed by atoms with E-state index in [1.807, 2.05) is 0 Å². The quantitative estimate of drug-likeness (QED) is 0.616. The van der Waals surface area contributed by atoms with Crippen LogP contribution >= 0.6 is 0 Å². The lowest BCUT2D eigenvalue weighted by Crippen LogP contribution is -2.27. The van der Waals surface area contributed by atoms with Crippen molar-refractivity contribution in [1.29, 1.82) is 0 Å². The summed E-state index contributed by atoms with van der Waals surface area (Å²) in [6.45, 7) is 4.43. The monoisotopic (exact) mass is 198 g/mol. The van der Waals surface area contributed by atoms with Crippen molar-refractivity contribution in [3.63, 3.8) is 0 Å². The molecular weight excluding hydrogens is 172 g/mol. The van der Waals surface area contributed by atoms with Crippen LogP contribution in [0.15, 0.2) is 0 Å². The van der Waals surface area contributed by atoms with Crippen molar-refractivity contribution >= 4 is 0 Å². The average molecular weight is 198 g/mol. The molecule has 0 bridgehead atoms. The number of hydrogen-bond acceptors (Lipinski definition) is 2. The second-order valence-corrected chi connectivity index (χ2v) is 4.77. The Kier molecular flexibility index (Phi) is 6.20. The normalized spacial score (nSPS) is 27.0. The predicted molar refractivity (Wildman–Crippen MR) is 62.3 cm³/mol. The zero-order valence-corrected chi connectivity index (χ0v) is 9.60. The average Bonchev–Trinajstić information content (AvgIpc) is 2.58. The highest BCUT2D eigenvalue weighted by atomic mass is 14.9. The van der Waals surface area contributed by atoms with Crippen LogP contribution < -0.4 is 11.1 Å². The van der Waals surface area contributed by atoms with Gasteiger partial charge >= 0.3 is 0 Å². The number of unbranched alkanes of at least 4 members (excludes halogenated alkanes) is 3. The van der Waals surface area contributed by atoms with Gasteiger partial charge in [0.1, 0.15) is 0 Å². The van der Waals surface area contributed by atoms with Gasteiger partial charge in [-0.3, -0.25) is 0 Å². The molecule has 0 aliphatic heterocycles. The van der Waals surface area contributed by atoms with E-state index in [0.717, 1.165) is 18.5 Å². The first kappa shape index (κ1) is 12.0. The predicted octanol–water partition coefficient (Wildman–Crippen LogP) is 2.28. The van der Waals surface area contributed by atoms with Crippen LogP contribution in [0.3, 0.4) is 0 Å². The summed E-state index contributed by atoms with van der Waals surface area (Å²) in [6, 6.07) is 0.819. The summed E-state index contributed by atoms with van der Waals surface area (Å²) in [6.07, 6.45) is 9.37. The van der Waals surface area contributed by atoms with Gasteiger partial charge in [-0.15, -0.1) is 0 Å². The Hall–Kier alpha value is -0.0800. The molecule has 0 heterocycles. The lowest BCUT2D eigenvalue weighted by molar-refractivity contribution is 0.485. The fourth-order valence-corrected chi connectivity index (χ4v) is 2.32. The number of rotatable bonds is 7. The van der Waals surface area contributed by atoms with E-state index in [1.165, 1.54) is 51.5 Å². The van der Waals surface area contributed by atoms with Gasteiger partial charge in [0.2, 0.25) is 0 Å². The maximum absolute atomic E-state index is 5.44. The molecule has 0 spiro atoms. The van der Waals surface area contributed by atoms with Crippen LogP contribution in [0.2, 0.25) is 0 Å². The van der Waals surface area contributed by atoms with Crippen molar-refractivity contribution in [2.24, 2.45) is 11.7 Å². The molecular formula is C12H26N2. The standard InChI is InChI=1S/C12H26N2/c1-11-6-7-12(10-11)14-9-5-3-2-4-8-13/h11-12,14H,2-10,13H2,1H3. The van der Waals surface area contributed by atoms with Crippen LogP contribution in [-0.2, 0) is 0 Å². The third-order valence-electron chi connectivity index (χ3n) is 3.26. The van der Waals surface area contributed by atoms with Gasteiger partial charge in [0.25, 0.3) is 0 Å². The van der Waals surface area contributed by atoms with Crippen molar-refractivity contribution in [2.45, 2.75) is 57.9 Å². The van der Waals surface area contributed by atoms with Crippen LogP contribution in [0.4, 0.5) is 0 Å². The highest BCUT2D eigenvalue weighted by Gasteiger charge is 2.19. The van der Waals surface area contributed by atoms with E-state index in [4.69, 9.17) is 5.73 Å². The maximum Gasteiger partial charge on any atom is 0.00696 e. The van der Waals surface area contributed by atoms with Crippen LogP contribution in [0.1, 0.15) is 51.9 Å². The summed E-state index contributed by atoms with van der Waals surface area (Å²) < 4.78 is 0. The van der Waals surface area contributed by atoms with Crippen molar-refractivity contribution < 1.29 is 0 Å². The van der Waals surface area contributed by atoms with Crippen molar-refractivity contribution in [1.82, 2.24) is 5.32 Å². The minimum atomic E-state index is 0.819. The molecule has 1 saturated carbocycles. The Balaban J connectivity index is 1.84. The summed E-state index contributed by atoms with van der Waals surface area (Å²) in [5.41, 5.74) is 5.44. The Morgan fingerprint density at radius 1 is 1.14 bits per heavy atom. The highest BCUT2D eigenvalue weighted by Crippen LogP contribution is 2.24. The van der Waals surface area contributed by atoms with Crippen molar-refractivity contribution in [3.8, 4) is 0 Å². The molecule has 1 rings (SSSR count). The molecule has 2 unspecified atom stereocenters. The molecule has 1 aliphatic rings. The first-order chi connectivity index (χ1) is 6.83. The van der Waals surface area contributed by atoms with Gasteiger partial charge in [0, 0.05) is 6.04 Å². The summed E-state index contributed by atoms with van der Waals surface area (Å²) >= 11 is 0. The molecule has 14 heavy (non-hydrogen) atoms. The van der Waals surface area contributed by atoms with E-state index in [9.17, 15) is 0 Å². The summed E-state index contributed by atoms with van der Waals surface area (Å²) in [5, 5.41) is 3.66. The molecule has 2 atom stereocenters. The lowest BCUT2D eigenvalue weighted by Gasteiger charge is -2.11. The minimum Gasteiger partial charge on any atom is -0.330 e. The van der Waals surface area contributed by atoms with E-state index in [-0.39, 0.29) is 0 Å². The van der Waals surface area contributed by atoms with E-state index in [0.29, 0.717) is 0 Å².